The number of benzene rings is 3. The van der Waals surface area contributed by atoms with Crippen LogP contribution in [-0.2, 0) is 14.8 Å². The van der Waals surface area contributed by atoms with Gasteiger partial charge in [-0.05, 0) is 73.5 Å². The third-order valence-corrected chi connectivity index (χ3v) is 7.95. The van der Waals surface area contributed by atoms with E-state index in [1.807, 2.05) is 36.4 Å². The summed E-state index contributed by atoms with van der Waals surface area (Å²) in [6.07, 6.45) is 1.74. The zero-order chi connectivity index (χ0) is 24.4. The minimum atomic E-state index is -3.66. The molecule has 2 heterocycles. The Morgan fingerprint density at radius 1 is 1.09 bits per heavy atom. The van der Waals surface area contributed by atoms with Crippen LogP contribution in [0.3, 0.4) is 0 Å². The molecule has 0 saturated carbocycles. The Hall–Kier alpha value is -3.53. The summed E-state index contributed by atoms with van der Waals surface area (Å²) in [5.74, 6) is 0.434. The third kappa shape index (κ3) is 4.97. The molecule has 1 aliphatic rings. The summed E-state index contributed by atoms with van der Waals surface area (Å²) >= 11 is 0. The number of carbonyl (C=O) groups excluding carboxylic acids is 1. The molecule has 4 aromatic rings. The normalized spacial score (nSPS) is 16.1. The number of nitrogens with zero attached hydrogens (tertiary/aromatic N) is 2. The molecule has 35 heavy (non-hydrogen) atoms. The van der Waals surface area contributed by atoms with Gasteiger partial charge in [-0.15, -0.1) is 0 Å². The SMILES string of the molecule is CN(C[C@@H]1CCCO1)S(=O)(=O)c1ccc(C(=O)Nc2ccc(-c3nc4ccccc4[nH]3)cc2)cc1. The van der Waals surface area contributed by atoms with Crippen molar-refractivity contribution >= 4 is 32.7 Å². The molecule has 3 aromatic carbocycles. The van der Waals surface area contributed by atoms with Gasteiger partial charge in [-0.1, -0.05) is 12.1 Å². The van der Waals surface area contributed by atoms with Gasteiger partial charge in [0.25, 0.3) is 5.91 Å². The number of anilines is 1. The van der Waals surface area contributed by atoms with Crippen LogP contribution < -0.4 is 5.32 Å². The van der Waals surface area contributed by atoms with E-state index in [9.17, 15) is 13.2 Å². The zero-order valence-electron chi connectivity index (χ0n) is 19.3. The Labute approximate surface area is 204 Å². The minimum absolute atomic E-state index is 0.0712. The number of ether oxygens (including phenoxy) is 1. The zero-order valence-corrected chi connectivity index (χ0v) is 20.1. The van der Waals surface area contributed by atoms with Crippen LogP contribution in [0.15, 0.2) is 77.7 Å². The predicted molar refractivity (Wildman–Crippen MR) is 135 cm³/mol. The van der Waals surface area contributed by atoms with Gasteiger partial charge < -0.3 is 15.0 Å². The number of fused-ring (bicyclic) bond motifs is 1. The first-order chi connectivity index (χ1) is 16.9. The molecular weight excluding hydrogens is 464 g/mol. The average molecular weight is 491 g/mol. The Balaban J connectivity index is 1.24. The summed E-state index contributed by atoms with van der Waals surface area (Å²) in [5.41, 5.74) is 3.75. The van der Waals surface area contributed by atoms with Crippen LogP contribution in [0, 0.1) is 0 Å². The lowest BCUT2D eigenvalue weighted by molar-refractivity contribution is 0.0979. The molecule has 0 radical (unpaired) electrons. The summed E-state index contributed by atoms with van der Waals surface area (Å²) in [5, 5.41) is 2.85. The molecule has 5 rings (SSSR count). The van der Waals surface area contributed by atoms with Gasteiger partial charge in [-0.25, -0.2) is 13.4 Å². The molecule has 0 aliphatic carbocycles. The van der Waals surface area contributed by atoms with Gasteiger partial charge >= 0.3 is 0 Å². The fourth-order valence-corrected chi connectivity index (χ4v) is 5.34. The van der Waals surface area contributed by atoms with E-state index >= 15 is 0 Å². The van der Waals surface area contributed by atoms with Crippen molar-refractivity contribution in [2.75, 3.05) is 25.5 Å². The van der Waals surface area contributed by atoms with Crippen molar-refractivity contribution < 1.29 is 17.9 Å². The van der Waals surface area contributed by atoms with Crippen LogP contribution in [0.1, 0.15) is 23.2 Å². The number of sulfonamides is 1. The second kappa shape index (κ2) is 9.61. The van der Waals surface area contributed by atoms with Gasteiger partial charge in [0.05, 0.1) is 22.0 Å². The minimum Gasteiger partial charge on any atom is -0.377 e. The summed E-state index contributed by atoms with van der Waals surface area (Å²) in [6.45, 7) is 0.986. The molecule has 1 fully saturated rings. The second-order valence-electron chi connectivity index (χ2n) is 8.58. The van der Waals surface area contributed by atoms with E-state index < -0.39 is 10.0 Å². The lowest BCUT2D eigenvalue weighted by Gasteiger charge is -2.20. The number of hydrogen-bond acceptors (Lipinski definition) is 5. The van der Waals surface area contributed by atoms with Crippen LogP contribution >= 0.6 is 0 Å². The lowest BCUT2D eigenvalue weighted by Crippen LogP contribution is -2.34. The van der Waals surface area contributed by atoms with Crippen LogP contribution in [0.2, 0.25) is 0 Å². The molecule has 180 valence electrons. The maximum Gasteiger partial charge on any atom is 0.255 e. The highest BCUT2D eigenvalue weighted by molar-refractivity contribution is 7.89. The Kier molecular flexibility index (Phi) is 6.38. The lowest BCUT2D eigenvalue weighted by atomic mass is 10.1. The van der Waals surface area contributed by atoms with Gasteiger partial charge in [0.2, 0.25) is 10.0 Å². The largest absolute Gasteiger partial charge is 0.377 e. The summed E-state index contributed by atoms with van der Waals surface area (Å²) in [6, 6.07) is 21.1. The Morgan fingerprint density at radius 3 is 2.51 bits per heavy atom. The Bertz CT molecular complexity index is 1410. The van der Waals surface area contributed by atoms with Gasteiger partial charge in [-0.2, -0.15) is 4.31 Å². The monoisotopic (exact) mass is 490 g/mol. The smallest absolute Gasteiger partial charge is 0.255 e. The average Bonchev–Trinajstić information content (AvgIpc) is 3.54. The van der Waals surface area contributed by atoms with Crippen molar-refractivity contribution in [1.29, 1.82) is 0 Å². The van der Waals surface area contributed by atoms with Crippen LogP contribution in [0.5, 0.6) is 0 Å². The van der Waals surface area contributed by atoms with Crippen molar-refractivity contribution in [2.45, 2.75) is 23.8 Å². The van der Waals surface area contributed by atoms with E-state index in [-0.39, 0.29) is 16.9 Å². The molecule has 9 heteroatoms. The van der Waals surface area contributed by atoms with E-state index in [0.29, 0.717) is 24.4 Å². The van der Waals surface area contributed by atoms with E-state index in [4.69, 9.17) is 4.74 Å². The van der Waals surface area contributed by atoms with Gasteiger partial charge in [0.1, 0.15) is 5.82 Å². The van der Waals surface area contributed by atoms with Crippen LogP contribution in [-0.4, -0.2) is 54.9 Å². The Morgan fingerprint density at radius 2 is 1.83 bits per heavy atom. The first-order valence-electron chi connectivity index (χ1n) is 11.4. The molecule has 8 nitrogen and oxygen atoms in total. The van der Waals surface area contributed by atoms with Crippen molar-refractivity contribution in [3.8, 4) is 11.4 Å². The number of aromatic nitrogens is 2. The highest BCUT2D eigenvalue weighted by Crippen LogP contribution is 2.23. The van der Waals surface area contributed by atoms with Crippen LogP contribution in [0.25, 0.3) is 22.4 Å². The van der Waals surface area contributed by atoms with E-state index in [0.717, 1.165) is 35.3 Å². The predicted octanol–water partition coefficient (Wildman–Crippen LogP) is 4.28. The molecular formula is C26H26N4O4S. The molecule has 1 saturated heterocycles. The van der Waals surface area contributed by atoms with E-state index in [1.54, 1.807) is 19.2 Å². The summed E-state index contributed by atoms with van der Waals surface area (Å²) < 4.78 is 32.6. The molecule has 1 atom stereocenters. The maximum absolute atomic E-state index is 12.9. The fourth-order valence-electron chi connectivity index (χ4n) is 4.14. The van der Waals surface area contributed by atoms with Crippen molar-refractivity contribution in [3.05, 3.63) is 78.4 Å². The molecule has 0 spiro atoms. The first kappa shape index (κ1) is 23.2. The van der Waals surface area contributed by atoms with Gasteiger partial charge in [0, 0.05) is 37.0 Å². The van der Waals surface area contributed by atoms with Crippen LogP contribution in [0.4, 0.5) is 5.69 Å². The standard InChI is InChI=1S/C26H26N4O4S/c1-30(17-21-5-4-16-34-21)35(32,33)22-14-10-19(11-15-22)26(31)27-20-12-8-18(9-13-20)25-28-23-6-2-3-7-24(23)29-25/h2-3,6-15,21H,4-5,16-17H2,1H3,(H,27,31)(H,28,29)/t21-/m0/s1. The number of imidazole rings is 1. The molecule has 1 aliphatic heterocycles. The molecule has 1 aromatic heterocycles. The van der Waals surface area contributed by atoms with Gasteiger partial charge in [0.15, 0.2) is 0 Å². The van der Waals surface area contributed by atoms with E-state index in [2.05, 4.69) is 15.3 Å². The number of H-pyrrole nitrogens is 1. The number of carbonyl (C=O) groups is 1. The van der Waals surface area contributed by atoms with E-state index in [1.165, 1.54) is 28.6 Å². The van der Waals surface area contributed by atoms with Crippen molar-refractivity contribution in [2.24, 2.45) is 0 Å². The summed E-state index contributed by atoms with van der Waals surface area (Å²) in [7, 11) is -2.11. The maximum atomic E-state index is 12.9. The first-order valence-corrected chi connectivity index (χ1v) is 12.9. The highest BCUT2D eigenvalue weighted by atomic mass is 32.2. The number of amides is 1. The highest BCUT2D eigenvalue weighted by Gasteiger charge is 2.26. The number of para-hydroxylation sites is 2. The second-order valence-corrected chi connectivity index (χ2v) is 10.6. The quantitative estimate of drug-likeness (QED) is 0.402. The molecule has 0 bridgehead atoms. The van der Waals surface area contributed by atoms with Crippen molar-refractivity contribution in [1.82, 2.24) is 14.3 Å². The molecule has 0 unspecified atom stereocenters. The number of hydrogen-bond donors (Lipinski definition) is 2. The van der Waals surface area contributed by atoms with Gasteiger partial charge in [-0.3, -0.25) is 4.79 Å². The number of nitrogens with one attached hydrogen (secondary N) is 2. The summed E-state index contributed by atoms with van der Waals surface area (Å²) in [4.78, 5) is 20.7. The third-order valence-electron chi connectivity index (χ3n) is 6.11. The molecule has 1 amide bonds. The number of aromatic amines is 1. The topological polar surface area (TPSA) is 104 Å². The van der Waals surface area contributed by atoms with Crippen molar-refractivity contribution in [3.63, 3.8) is 0 Å². The fraction of sp³-hybridized carbons (Fsp3) is 0.231. The molecule has 2 N–H and O–H groups in total. The number of rotatable bonds is 7. The number of likely N-dealkylation sites (N-methyl/N-ethyl adjacent to an activating group) is 1.